The zero-order valence-corrected chi connectivity index (χ0v) is 15.3. The Labute approximate surface area is 160 Å². The van der Waals surface area contributed by atoms with Gasteiger partial charge in [-0.1, -0.05) is 0 Å². The minimum Gasteiger partial charge on any atom is -0.444 e. The highest BCUT2D eigenvalue weighted by molar-refractivity contribution is 6.02. The second-order valence-electron chi connectivity index (χ2n) is 7.25. The van der Waals surface area contributed by atoms with Gasteiger partial charge >= 0.3 is 6.09 Å². The normalized spacial score (nSPS) is 21.8. The summed E-state index contributed by atoms with van der Waals surface area (Å²) in [6, 6.07) is 2.89. The van der Waals surface area contributed by atoms with E-state index in [1.54, 1.807) is 6.07 Å². The lowest BCUT2D eigenvalue weighted by molar-refractivity contribution is 0.0661. The molecule has 2 unspecified atom stereocenters. The second kappa shape index (κ2) is 7.39. The van der Waals surface area contributed by atoms with Crippen LogP contribution in [0, 0.1) is 0 Å². The van der Waals surface area contributed by atoms with Crippen molar-refractivity contribution in [2.24, 2.45) is 6.98 Å². The van der Waals surface area contributed by atoms with Gasteiger partial charge in [0.2, 0.25) is 0 Å². The molecule has 10 nitrogen and oxygen atoms in total. The maximum absolute atomic E-state index is 12.4. The van der Waals surface area contributed by atoms with Gasteiger partial charge in [-0.25, -0.2) is 4.79 Å². The van der Waals surface area contributed by atoms with Crippen molar-refractivity contribution >= 4 is 17.8 Å². The zero-order valence-electron chi connectivity index (χ0n) is 18.3. The molecule has 0 radical (unpaired) electrons. The number of hydrogen-bond acceptors (Lipinski definition) is 6. The predicted octanol–water partition coefficient (Wildman–Crippen LogP) is 1.75. The van der Waals surface area contributed by atoms with E-state index in [0.29, 0.717) is 16.8 Å². The van der Waals surface area contributed by atoms with Crippen LogP contribution in [0.4, 0.5) is 10.6 Å². The van der Waals surface area contributed by atoms with Crippen LogP contribution in [0.3, 0.4) is 0 Å². The molecule has 2 aromatic rings. The highest BCUT2D eigenvalue weighted by Crippen LogP contribution is 2.30. The molecule has 0 saturated carbocycles. The summed E-state index contributed by atoms with van der Waals surface area (Å²) in [6.07, 6.45) is 0.356. The van der Waals surface area contributed by atoms with Gasteiger partial charge in [0.1, 0.15) is 17.9 Å². The maximum atomic E-state index is 12.4. The number of H-pyrrole nitrogens is 1. The molecule has 1 fully saturated rings. The third kappa shape index (κ3) is 4.85. The van der Waals surface area contributed by atoms with Crippen LogP contribution in [0.25, 0.3) is 0 Å². The maximum Gasteiger partial charge on any atom is 0.407 e. The van der Waals surface area contributed by atoms with Crippen molar-refractivity contribution in [2.45, 2.75) is 44.9 Å². The fourth-order valence-corrected chi connectivity index (χ4v) is 2.61. The fourth-order valence-electron chi connectivity index (χ4n) is 2.61. The molecule has 10 heteroatoms. The molecular formula is C17H24N6O4. The van der Waals surface area contributed by atoms with Crippen LogP contribution < -0.4 is 10.6 Å². The molecule has 0 aromatic carbocycles. The van der Waals surface area contributed by atoms with E-state index in [9.17, 15) is 9.59 Å². The van der Waals surface area contributed by atoms with Crippen LogP contribution in [0.15, 0.2) is 18.3 Å². The summed E-state index contributed by atoms with van der Waals surface area (Å²) in [5, 5.41) is 15.7. The molecule has 27 heavy (non-hydrogen) atoms. The Hall–Kier alpha value is -2.88. The van der Waals surface area contributed by atoms with Crippen LogP contribution in [-0.4, -0.2) is 50.2 Å². The third-order valence-corrected chi connectivity index (χ3v) is 3.77. The molecule has 0 bridgehead atoms. The topological polar surface area (TPSA) is 123 Å². The largest absolute Gasteiger partial charge is 0.444 e. The van der Waals surface area contributed by atoms with Crippen molar-refractivity contribution in [1.29, 1.82) is 0 Å². The average Bonchev–Trinajstić information content (AvgIpc) is 3.32. The molecule has 2 aromatic heterocycles. The molecule has 2 amide bonds. The number of aryl methyl sites for hydroxylation is 1. The van der Waals surface area contributed by atoms with Crippen molar-refractivity contribution in [2.75, 3.05) is 11.9 Å². The first kappa shape index (κ1) is 15.2. The molecule has 146 valence electrons. The van der Waals surface area contributed by atoms with E-state index in [1.807, 2.05) is 20.8 Å². The summed E-state index contributed by atoms with van der Waals surface area (Å²) in [7, 11) is 0. The number of carbonyl (C=O) groups excluding carboxylic acids is 2. The van der Waals surface area contributed by atoms with Crippen molar-refractivity contribution < 1.29 is 23.2 Å². The first-order chi connectivity index (χ1) is 13.9. The van der Waals surface area contributed by atoms with Crippen molar-refractivity contribution in [3.05, 3.63) is 29.7 Å². The Morgan fingerprint density at radius 1 is 1.48 bits per heavy atom. The molecule has 3 rings (SSSR count). The van der Waals surface area contributed by atoms with Crippen LogP contribution in [0.5, 0.6) is 0 Å². The van der Waals surface area contributed by atoms with E-state index < -0.39 is 30.6 Å². The number of anilines is 1. The Morgan fingerprint density at radius 3 is 3.04 bits per heavy atom. The third-order valence-electron chi connectivity index (χ3n) is 3.77. The molecular weight excluding hydrogens is 352 g/mol. The van der Waals surface area contributed by atoms with Gasteiger partial charge in [0, 0.05) is 35.3 Å². The highest BCUT2D eigenvalue weighted by atomic mass is 16.6. The van der Waals surface area contributed by atoms with Gasteiger partial charge in [0.25, 0.3) is 5.91 Å². The van der Waals surface area contributed by atoms with E-state index >= 15 is 0 Å². The monoisotopic (exact) mass is 379 g/mol. The van der Waals surface area contributed by atoms with E-state index in [-0.39, 0.29) is 24.2 Å². The highest BCUT2D eigenvalue weighted by Gasteiger charge is 2.31. The molecule has 1 aliphatic heterocycles. The number of nitrogens with zero attached hydrogens (tertiary/aromatic N) is 3. The minimum atomic E-state index is -2.57. The average molecular weight is 379 g/mol. The van der Waals surface area contributed by atoms with Crippen molar-refractivity contribution in [3.63, 3.8) is 0 Å². The zero-order chi connectivity index (χ0) is 22.1. The van der Waals surface area contributed by atoms with Gasteiger partial charge < -0.3 is 20.1 Å². The summed E-state index contributed by atoms with van der Waals surface area (Å²) in [4.78, 5) is 24.3. The molecule has 1 saturated heterocycles. The summed E-state index contributed by atoms with van der Waals surface area (Å²) in [6.45, 7) is 3.23. The number of ether oxygens (including phenoxy) is 2. The van der Waals surface area contributed by atoms with Gasteiger partial charge in [-0.2, -0.15) is 10.2 Å². The van der Waals surface area contributed by atoms with Gasteiger partial charge in [-0.05, 0) is 26.8 Å². The number of aromatic amines is 1. The summed E-state index contributed by atoms with van der Waals surface area (Å²) in [5.41, 5.74) is 0.0772. The molecule has 3 heterocycles. The molecule has 2 atom stereocenters. The first-order valence-corrected chi connectivity index (χ1v) is 8.44. The van der Waals surface area contributed by atoms with E-state index in [0.717, 1.165) is 0 Å². The van der Waals surface area contributed by atoms with E-state index in [2.05, 4.69) is 25.9 Å². The Bertz CT molecular complexity index is 917. The van der Waals surface area contributed by atoms with Crippen LogP contribution in [-0.2, 0) is 16.4 Å². The van der Waals surface area contributed by atoms with Crippen LogP contribution in [0.1, 0.15) is 53.6 Å². The molecule has 0 spiro atoms. The predicted molar refractivity (Wildman–Crippen MR) is 96.2 cm³/mol. The Balaban J connectivity index is 1.58. The minimum absolute atomic E-state index is 0.116. The molecule has 0 aliphatic carbocycles. The van der Waals surface area contributed by atoms with Gasteiger partial charge in [-0.3, -0.25) is 14.6 Å². The lowest BCUT2D eigenvalue weighted by atomic mass is 10.1. The number of aromatic nitrogens is 4. The van der Waals surface area contributed by atoms with Crippen molar-refractivity contribution in [3.8, 4) is 0 Å². The molecule has 1 aliphatic rings. The van der Waals surface area contributed by atoms with Crippen LogP contribution >= 0.6 is 0 Å². The van der Waals surface area contributed by atoms with Gasteiger partial charge in [0.05, 0.1) is 12.3 Å². The summed E-state index contributed by atoms with van der Waals surface area (Å²) in [5.74, 6) is -0.458. The summed E-state index contributed by atoms with van der Waals surface area (Å²) >= 11 is 0. The van der Waals surface area contributed by atoms with E-state index in [4.69, 9.17) is 13.6 Å². The summed E-state index contributed by atoms with van der Waals surface area (Å²) < 4.78 is 33.9. The van der Waals surface area contributed by atoms with Gasteiger partial charge in [-0.15, -0.1) is 0 Å². The standard InChI is InChI=1S/C17H24N6O4/c1-17(2,3)20-16(25)27-10-7-13(26-9-10)11-8-14(22-21-11)19-15(24)12-5-6-18-23(12)4/h5-6,8,10,13H,7,9H2,1-4H3,(H,20,25)(H2,19,21,22,24)/i4D3. The SMILES string of the molecule is [2H]C([2H])([2H])n1nccc1C(=O)Nc1cc(C2CC(OC(=O)NC(C)(C)C)CO2)[nH]n1. The first-order valence-electron chi connectivity index (χ1n) is 9.94. The van der Waals surface area contributed by atoms with Gasteiger partial charge in [0.15, 0.2) is 5.82 Å². The van der Waals surface area contributed by atoms with Crippen LogP contribution in [0.2, 0.25) is 0 Å². The number of carbonyl (C=O) groups is 2. The fraction of sp³-hybridized carbons (Fsp3) is 0.529. The number of hydrogen-bond donors (Lipinski definition) is 3. The lowest BCUT2D eigenvalue weighted by Gasteiger charge is -2.21. The number of rotatable bonds is 4. The Morgan fingerprint density at radius 2 is 2.30 bits per heavy atom. The second-order valence-corrected chi connectivity index (χ2v) is 7.25. The van der Waals surface area contributed by atoms with Crippen molar-refractivity contribution in [1.82, 2.24) is 25.3 Å². The van der Waals surface area contributed by atoms with E-state index in [1.165, 1.54) is 12.3 Å². The number of nitrogens with one attached hydrogen (secondary N) is 3. The Kier molecular flexibility index (Phi) is 4.16. The number of alkyl carbamates (subject to hydrolysis) is 1. The lowest BCUT2D eigenvalue weighted by Crippen LogP contribution is -2.42. The quantitative estimate of drug-likeness (QED) is 0.744. The number of amides is 2. The molecule has 3 N–H and O–H groups in total. The smallest absolute Gasteiger partial charge is 0.407 e.